The van der Waals surface area contributed by atoms with Crippen LogP contribution in [0.25, 0.3) is 10.6 Å². The average Bonchev–Trinajstić information content (AvgIpc) is 3.27. The van der Waals surface area contributed by atoms with Gasteiger partial charge in [-0.25, -0.2) is 4.98 Å². The van der Waals surface area contributed by atoms with Crippen LogP contribution >= 0.6 is 11.3 Å². The Hall–Kier alpha value is -1.72. The summed E-state index contributed by atoms with van der Waals surface area (Å²) in [6, 6.07) is 6.67. The molecule has 1 amide bonds. The van der Waals surface area contributed by atoms with Crippen LogP contribution in [0.5, 0.6) is 0 Å². The number of hydrogen-bond acceptors (Lipinski definition) is 4. The maximum Gasteiger partial charge on any atom is 0.273 e. The summed E-state index contributed by atoms with van der Waals surface area (Å²) >= 11 is 1.53. The minimum absolute atomic E-state index is 0.0303. The van der Waals surface area contributed by atoms with Crippen molar-refractivity contribution in [1.29, 1.82) is 0 Å². The Bertz CT molecular complexity index is 722. The molecule has 2 aromatic rings. The molecule has 0 spiro atoms. The third-order valence-corrected chi connectivity index (χ3v) is 5.27. The van der Waals surface area contributed by atoms with Gasteiger partial charge in [0.15, 0.2) is 0 Å². The van der Waals surface area contributed by atoms with Crippen LogP contribution < -0.4 is 0 Å². The number of nitrogens with zero attached hydrogens (tertiary/aromatic N) is 2. The van der Waals surface area contributed by atoms with E-state index in [0.29, 0.717) is 18.3 Å². The highest BCUT2D eigenvalue weighted by atomic mass is 32.1. The normalized spacial score (nSPS) is 14.0. The van der Waals surface area contributed by atoms with Crippen molar-refractivity contribution in [2.24, 2.45) is 0 Å². The number of aromatic nitrogens is 1. The summed E-state index contributed by atoms with van der Waals surface area (Å²) in [6.07, 6.45) is 3.74. The Labute approximate surface area is 147 Å². The molecule has 1 saturated carbocycles. The molecule has 3 rings (SSSR count). The molecule has 5 heteroatoms. The van der Waals surface area contributed by atoms with Gasteiger partial charge in [-0.3, -0.25) is 4.79 Å². The number of aliphatic hydroxyl groups excluding tert-OH is 1. The van der Waals surface area contributed by atoms with Gasteiger partial charge in [-0.05, 0) is 45.1 Å². The molecular weight excluding hydrogens is 320 g/mol. The predicted octanol–water partition coefficient (Wildman–Crippen LogP) is 3.80. The van der Waals surface area contributed by atoms with Crippen molar-refractivity contribution in [1.82, 2.24) is 9.88 Å². The van der Waals surface area contributed by atoms with Crippen LogP contribution in [0.3, 0.4) is 0 Å². The van der Waals surface area contributed by atoms with E-state index in [1.165, 1.54) is 22.5 Å². The van der Waals surface area contributed by atoms with Gasteiger partial charge in [0.1, 0.15) is 10.7 Å². The fourth-order valence-corrected chi connectivity index (χ4v) is 3.81. The summed E-state index contributed by atoms with van der Waals surface area (Å²) in [7, 11) is 0. The first-order valence-corrected chi connectivity index (χ1v) is 9.43. The zero-order chi connectivity index (χ0) is 17.1. The quantitative estimate of drug-likeness (QED) is 0.777. The third kappa shape index (κ3) is 3.84. The van der Waals surface area contributed by atoms with Crippen LogP contribution in [0.2, 0.25) is 0 Å². The lowest BCUT2D eigenvalue weighted by molar-refractivity contribution is 0.0732. The number of carbonyl (C=O) groups is 1. The molecule has 24 heavy (non-hydrogen) atoms. The summed E-state index contributed by atoms with van der Waals surface area (Å²) in [5.74, 6) is 0.0303. The van der Waals surface area contributed by atoms with Gasteiger partial charge in [0.25, 0.3) is 5.91 Å². The van der Waals surface area contributed by atoms with Crippen molar-refractivity contribution < 1.29 is 9.90 Å². The van der Waals surface area contributed by atoms with Crippen molar-refractivity contribution in [3.8, 4) is 10.6 Å². The molecule has 128 valence electrons. The van der Waals surface area contributed by atoms with Crippen molar-refractivity contribution in [2.75, 3.05) is 13.2 Å². The second-order valence-electron chi connectivity index (χ2n) is 6.52. The smallest absolute Gasteiger partial charge is 0.273 e. The summed E-state index contributed by atoms with van der Waals surface area (Å²) in [5, 5.41) is 11.7. The van der Waals surface area contributed by atoms with Crippen LogP contribution in [-0.4, -0.2) is 40.1 Å². The number of thiazole rings is 1. The van der Waals surface area contributed by atoms with Gasteiger partial charge in [-0.2, -0.15) is 0 Å². The molecule has 0 atom stereocenters. The number of hydrogen-bond donors (Lipinski definition) is 1. The Morgan fingerprint density at radius 2 is 2.12 bits per heavy atom. The van der Waals surface area contributed by atoms with Crippen LogP contribution in [0.4, 0.5) is 0 Å². The van der Waals surface area contributed by atoms with Gasteiger partial charge in [-0.15, -0.1) is 11.3 Å². The van der Waals surface area contributed by atoms with E-state index in [-0.39, 0.29) is 12.5 Å². The Morgan fingerprint density at radius 1 is 1.33 bits per heavy atom. The zero-order valence-electron chi connectivity index (χ0n) is 14.3. The van der Waals surface area contributed by atoms with Gasteiger partial charge in [-0.1, -0.05) is 23.8 Å². The van der Waals surface area contributed by atoms with E-state index in [9.17, 15) is 4.79 Å². The van der Waals surface area contributed by atoms with E-state index in [1.807, 2.05) is 10.3 Å². The first-order valence-electron chi connectivity index (χ1n) is 8.55. The number of aryl methyl sites for hydroxylation is 2. The second kappa shape index (κ2) is 7.45. The summed E-state index contributed by atoms with van der Waals surface area (Å²) in [6.45, 7) is 5.05. The summed E-state index contributed by atoms with van der Waals surface area (Å²) < 4.78 is 0. The molecule has 1 fully saturated rings. The lowest BCUT2D eigenvalue weighted by Crippen LogP contribution is -2.34. The minimum atomic E-state index is 0.0303. The standard InChI is InChI=1S/C19H24N2O2S/c1-13-5-8-16(14(2)11-13)18-20-17(12-24-18)19(23)21(15-6-7-15)9-3-4-10-22/h5,8,11-12,15,22H,3-4,6-7,9-10H2,1-2H3. The number of unbranched alkanes of at least 4 members (excludes halogenated alkanes) is 1. The van der Waals surface area contributed by atoms with Crippen molar-refractivity contribution in [3.63, 3.8) is 0 Å². The molecule has 0 aliphatic heterocycles. The van der Waals surface area contributed by atoms with E-state index in [4.69, 9.17) is 5.11 Å². The van der Waals surface area contributed by atoms with Gasteiger partial charge in [0.05, 0.1) is 0 Å². The monoisotopic (exact) mass is 344 g/mol. The number of amides is 1. The van der Waals surface area contributed by atoms with Crippen molar-refractivity contribution in [2.45, 2.75) is 45.6 Å². The molecule has 0 unspecified atom stereocenters. The van der Waals surface area contributed by atoms with Crippen LogP contribution in [0.1, 0.15) is 47.3 Å². The molecule has 1 aromatic carbocycles. The van der Waals surface area contributed by atoms with E-state index in [0.717, 1.165) is 36.3 Å². The lowest BCUT2D eigenvalue weighted by Gasteiger charge is -2.21. The Morgan fingerprint density at radius 3 is 2.79 bits per heavy atom. The van der Waals surface area contributed by atoms with E-state index in [1.54, 1.807) is 0 Å². The predicted molar refractivity (Wildman–Crippen MR) is 97.4 cm³/mol. The summed E-state index contributed by atoms with van der Waals surface area (Å²) in [4.78, 5) is 19.4. The molecule has 1 heterocycles. The topological polar surface area (TPSA) is 53.4 Å². The summed E-state index contributed by atoms with van der Waals surface area (Å²) in [5.41, 5.74) is 4.06. The molecule has 0 saturated heterocycles. The Kier molecular flexibility index (Phi) is 5.31. The lowest BCUT2D eigenvalue weighted by atomic mass is 10.1. The first kappa shape index (κ1) is 17.1. The molecule has 0 radical (unpaired) electrons. The molecule has 1 aliphatic carbocycles. The zero-order valence-corrected chi connectivity index (χ0v) is 15.1. The third-order valence-electron chi connectivity index (χ3n) is 4.39. The fraction of sp³-hybridized carbons (Fsp3) is 0.474. The molecule has 1 aliphatic rings. The van der Waals surface area contributed by atoms with Crippen molar-refractivity contribution in [3.05, 3.63) is 40.4 Å². The minimum Gasteiger partial charge on any atom is -0.396 e. The van der Waals surface area contributed by atoms with E-state index in [2.05, 4.69) is 37.0 Å². The fourth-order valence-electron chi connectivity index (χ4n) is 2.93. The van der Waals surface area contributed by atoms with Crippen molar-refractivity contribution >= 4 is 17.2 Å². The number of aliphatic hydroxyl groups is 1. The van der Waals surface area contributed by atoms with Gasteiger partial charge >= 0.3 is 0 Å². The van der Waals surface area contributed by atoms with Gasteiger partial charge < -0.3 is 10.0 Å². The highest BCUT2D eigenvalue weighted by molar-refractivity contribution is 7.13. The Balaban J connectivity index is 1.77. The number of benzene rings is 1. The number of rotatable bonds is 7. The largest absolute Gasteiger partial charge is 0.396 e. The average molecular weight is 344 g/mol. The van der Waals surface area contributed by atoms with Gasteiger partial charge in [0.2, 0.25) is 0 Å². The van der Waals surface area contributed by atoms with E-state index < -0.39 is 0 Å². The maximum absolute atomic E-state index is 12.8. The maximum atomic E-state index is 12.8. The van der Waals surface area contributed by atoms with Crippen LogP contribution in [0.15, 0.2) is 23.6 Å². The first-order chi connectivity index (χ1) is 11.6. The molecular formula is C19H24N2O2S. The molecule has 1 N–H and O–H groups in total. The molecule has 0 bridgehead atoms. The number of carbonyl (C=O) groups excluding carboxylic acids is 1. The highest BCUT2D eigenvalue weighted by Gasteiger charge is 2.33. The highest BCUT2D eigenvalue weighted by Crippen LogP contribution is 2.31. The van der Waals surface area contributed by atoms with Crippen LogP contribution in [0, 0.1) is 13.8 Å². The molecule has 4 nitrogen and oxygen atoms in total. The van der Waals surface area contributed by atoms with Crippen LogP contribution in [-0.2, 0) is 0 Å². The van der Waals surface area contributed by atoms with Gasteiger partial charge in [0, 0.05) is 30.1 Å². The second-order valence-corrected chi connectivity index (χ2v) is 7.37. The SMILES string of the molecule is Cc1ccc(-c2nc(C(=O)N(CCCCO)C3CC3)cs2)c(C)c1. The van der Waals surface area contributed by atoms with E-state index >= 15 is 0 Å². The molecule has 1 aromatic heterocycles.